The van der Waals surface area contributed by atoms with Gasteiger partial charge in [0, 0.05) is 5.88 Å². The number of carbonyl (C=O) groups is 1. The number of alkyl halides is 3. The van der Waals surface area contributed by atoms with Gasteiger partial charge in [-0.25, -0.2) is 13.8 Å². The molecule has 100 valence electrons. The summed E-state index contributed by atoms with van der Waals surface area (Å²) >= 11 is 8.69. The fourth-order valence-electron chi connectivity index (χ4n) is 1.47. The Balaban J connectivity index is 3.13. The van der Waals surface area contributed by atoms with Crippen LogP contribution in [0.1, 0.15) is 30.2 Å². The number of nitrogens with zero attached hydrogens (tertiary/aromatic N) is 1. The number of esters is 1. The van der Waals surface area contributed by atoms with Gasteiger partial charge in [0.25, 0.3) is 6.43 Å². The Labute approximate surface area is 117 Å². The Morgan fingerprint density at radius 1 is 1.61 bits per heavy atom. The number of halogens is 4. The van der Waals surface area contributed by atoms with Gasteiger partial charge < -0.3 is 4.74 Å². The molecule has 0 N–H and O–H groups in total. The highest BCUT2D eigenvalue weighted by Gasteiger charge is 2.20. The van der Waals surface area contributed by atoms with E-state index in [1.807, 2.05) is 0 Å². The van der Waals surface area contributed by atoms with Gasteiger partial charge in [-0.05, 0) is 40.0 Å². The molecule has 0 bridgehead atoms. The topological polar surface area (TPSA) is 39.2 Å². The molecule has 0 aromatic carbocycles. The monoisotopic (exact) mass is 341 g/mol. The molecule has 1 aromatic rings. The van der Waals surface area contributed by atoms with Crippen LogP contribution in [-0.4, -0.2) is 17.6 Å². The number of hydrogen-bond acceptors (Lipinski definition) is 3. The Morgan fingerprint density at radius 3 is 2.78 bits per heavy atom. The highest BCUT2D eigenvalue weighted by atomic mass is 79.9. The second-order valence-corrected chi connectivity index (χ2v) is 4.46. The van der Waals surface area contributed by atoms with Crippen LogP contribution in [0, 0.1) is 0 Å². The Bertz CT molecular complexity index is 443. The maximum absolute atomic E-state index is 12.8. The minimum atomic E-state index is -2.74. The summed E-state index contributed by atoms with van der Waals surface area (Å²) in [6.45, 7) is 1.91. The fourth-order valence-corrected chi connectivity index (χ4v) is 2.25. The van der Waals surface area contributed by atoms with Crippen LogP contribution in [0.15, 0.2) is 10.7 Å². The molecule has 0 radical (unpaired) electrons. The molecule has 1 rings (SSSR count). The molecule has 0 atom stereocenters. The molecule has 3 nitrogen and oxygen atoms in total. The molecule has 0 aliphatic carbocycles. The van der Waals surface area contributed by atoms with Crippen molar-refractivity contribution in [2.45, 2.75) is 25.7 Å². The quantitative estimate of drug-likeness (QED) is 0.466. The zero-order chi connectivity index (χ0) is 13.7. The summed E-state index contributed by atoms with van der Waals surface area (Å²) in [7, 11) is 0. The number of carbonyl (C=O) groups excluding carboxylic acids is 1. The molecule has 1 aromatic heterocycles. The van der Waals surface area contributed by atoms with Gasteiger partial charge in [-0.3, -0.25) is 4.79 Å². The number of hydrogen-bond donors (Lipinski definition) is 0. The number of rotatable bonds is 5. The zero-order valence-corrected chi connectivity index (χ0v) is 11.9. The SMILES string of the molecule is CCOC(=O)Cc1cc(Br)nc(C(F)F)c1CCl. The largest absolute Gasteiger partial charge is 0.466 e. The van der Waals surface area contributed by atoms with E-state index in [4.69, 9.17) is 16.3 Å². The van der Waals surface area contributed by atoms with Crippen LogP contribution >= 0.6 is 27.5 Å². The summed E-state index contributed by atoms with van der Waals surface area (Å²) in [5.41, 5.74) is 0.183. The van der Waals surface area contributed by atoms with E-state index in [-0.39, 0.29) is 29.1 Å². The van der Waals surface area contributed by atoms with Gasteiger partial charge in [0.05, 0.1) is 13.0 Å². The van der Waals surface area contributed by atoms with Crippen LogP contribution in [0.3, 0.4) is 0 Å². The van der Waals surface area contributed by atoms with Crippen molar-refractivity contribution >= 4 is 33.5 Å². The Morgan fingerprint density at radius 2 is 2.28 bits per heavy atom. The van der Waals surface area contributed by atoms with E-state index in [1.54, 1.807) is 6.92 Å². The lowest BCUT2D eigenvalue weighted by molar-refractivity contribution is -0.142. The lowest BCUT2D eigenvalue weighted by Gasteiger charge is -2.12. The average molecular weight is 343 g/mol. The summed E-state index contributed by atoms with van der Waals surface area (Å²) in [4.78, 5) is 15.1. The van der Waals surface area contributed by atoms with Crippen molar-refractivity contribution in [1.82, 2.24) is 4.98 Å². The minimum Gasteiger partial charge on any atom is -0.466 e. The first-order chi connectivity index (χ1) is 8.49. The molecule has 0 spiro atoms. The van der Waals surface area contributed by atoms with Gasteiger partial charge in [-0.2, -0.15) is 0 Å². The molecule has 0 aliphatic heterocycles. The third-order valence-electron chi connectivity index (χ3n) is 2.20. The van der Waals surface area contributed by atoms with Crippen LogP contribution in [-0.2, 0) is 21.8 Å². The van der Waals surface area contributed by atoms with Gasteiger partial charge in [-0.1, -0.05) is 0 Å². The van der Waals surface area contributed by atoms with Crippen molar-refractivity contribution in [2.75, 3.05) is 6.61 Å². The van der Waals surface area contributed by atoms with Gasteiger partial charge in [0.2, 0.25) is 0 Å². The molecule has 1 heterocycles. The van der Waals surface area contributed by atoms with Crippen LogP contribution in [0.5, 0.6) is 0 Å². The van der Waals surface area contributed by atoms with Crippen molar-refractivity contribution in [3.63, 3.8) is 0 Å². The number of ether oxygens (including phenoxy) is 1. The highest BCUT2D eigenvalue weighted by Crippen LogP contribution is 2.28. The third kappa shape index (κ3) is 3.88. The van der Waals surface area contributed by atoms with Crippen molar-refractivity contribution in [3.05, 3.63) is 27.5 Å². The van der Waals surface area contributed by atoms with E-state index in [9.17, 15) is 13.6 Å². The van der Waals surface area contributed by atoms with E-state index < -0.39 is 18.1 Å². The Kier molecular flexibility index (Phi) is 5.95. The summed E-state index contributed by atoms with van der Waals surface area (Å²) in [5.74, 6) is -0.614. The molecule has 0 saturated heterocycles. The van der Waals surface area contributed by atoms with Crippen LogP contribution in [0.2, 0.25) is 0 Å². The van der Waals surface area contributed by atoms with E-state index in [0.717, 1.165) is 0 Å². The smallest absolute Gasteiger partial charge is 0.310 e. The van der Waals surface area contributed by atoms with Crippen LogP contribution in [0.25, 0.3) is 0 Å². The van der Waals surface area contributed by atoms with Gasteiger partial charge in [0.15, 0.2) is 0 Å². The average Bonchev–Trinajstić information content (AvgIpc) is 2.28. The number of aromatic nitrogens is 1. The highest BCUT2D eigenvalue weighted by molar-refractivity contribution is 9.10. The second kappa shape index (κ2) is 6.99. The minimum absolute atomic E-state index is 0.100. The molecule has 0 aliphatic rings. The van der Waals surface area contributed by atoms with Crippen molar-refractivity contribution in [1.29, 1.82) is 0 Å². The zero-order valence-electron chi connectivity index (χ0n) is 9.55. The summed E-state index contributed by atoms with van der Waals surface area (Å²) in [6, 6.07) is 1.50. The summed E-state index contributed by atoms with van der Waals surface area (Å²) in [5, 5.41) is 0. The summed E-state index contributed by atoms with van der Waals surface area (Å²) < 4.78 is 30.6. The van der Waals surface area contributed by atoms with Crippen LogP contribution < -0.4 is 0 Å². The maximum Gasteiger partial charge on any atom is 0.310 e. The van der Waals surface area contributed by atoms with Crippen molar-refractivity contribution in [2.24, 2.45) is 0 Å². The lowest BCUT2D eigenvalue weighted by atomic mass is 10.1. The van der Waals surface area contributed by atoms with Gasteiger partial charge in [0.1, 0.15) is 10.3 Å². The molecule has 18 heavy (non-hydrogen) atoms. The van der Waals surface area contributed by atoms with Crippen LogP contribution in [0.4, 0.5) is 8.78 Å². The summed E-state index contributed by atoms with van der Waals surface area (Å²) in [6.07, 6.45) is -2.84. The third-order valence-corrected chi connectivity index (χ3v) is 2.87. The normalized spacial score (nSPS) is 10.8. The lowest BCUT2D eigenvalue weighted by Crippen LogP contribution is -2.11. The van der Waals surface area contributed by atoms with E-state index in [1.165, 1.54) is 6.07 Å². The van der Waals surface area contributed by atoms with Crippen molar-refractivity contribution < 1.29 is 18.3 Å². The van der Waals surface area contributed by atoms with Crippen molar-refractivity contribution in [3.8, 4) is 0 Å². The first kappa shape index (κ1) is 15.3. The molecule has 7 heteroatoms. The molecule has 0 saturated carbocycles. The number of pyridine rings is 1. The predicted octanol–water partition coefficient (Wildman–Crippen LogP) is 3.63. The predicted molar refractivity (Wildman–Crippen MR) is 66.8 cm³/mol. The molecule has 0 amide bonds. The molecular formula is C11H11BrClF2NO2. The maximum atomic E-state index is 12.8. The first-order valence-corrected chi connectivity index (χ1v) is 6.50. The fraction of sp³-hybridized carbons (Fsp3) is 0.455. The first-order valence-electron chi connectivity index (χ1n) is 5.17. The van der Waals surface area contributed by atoms with E-state index >= 15 is 0 Å². The van der Waals surface area contributed by atoms with E-state index in [0.29, 0.717) is 5.56 Å². The van der Waals surface area contributed by atoms with E-state index in [2.05, 4.69) is 20.9 Å². The van der Waals surface area contributed by atoms with Gasteiger partial charge >= 0.3 is 5.97 Å². The standard InChI is InChI=1S/C11H11BrClF2NO2/c1-2-18-9(17)4-6-3-8(12)16-10(11(14)15)7(6)5-13/h3,11H,2,4-5H2,1H3. The second-order valence-electron chi connectivity index (χ2n) is 3.38. The van der Waals surface area contributed by atoms with Gasteiger partial charge in [-0.15, -0.1) is 11.6 Å². The molecule has 0 fully saturated rings. The molecular weight excluding hydrogens is 331 g/mol. The Hall–Kier alpha value is -0.750. The molecule has 0 unspecified atom stereocenters.